The second-order valence-electron chi connectivity index (χ2n) is 7.58. The van der Waals surface area contributed by atoms with Gasteiger partial charge in [-0.3, -0.25) is 19.0 Å². The van der Waals surface area contributed by atoms with E-state index in [4.69, 9.17) is 0 Å². The Morgan fingerprint density at radius 1 is 1.07 bits per heavy atom. The van der Waals surface area contributed by atoms with Crippen LogP contribution in [0.15, 0.2) is 52.2 Å². The predicted octanol–water partition coefficient (Wildman–Crippen LogP) is 2.59. The van der Waals surface area contributed by atoms with Crippen molar-refractivity contribution < 1.29 is 4.79 Å². The maximum absolute atomic E-state index is 12.5. The minimum Gasteiger partial charge on any atom is -0.349 e. The molecule has 1 aliphatic rings. The zero-order chi connectivity index (χ0) is 20.2. The molecule has 150 valence electrons. The molecule has 7 nitrogen and oxygen atoms in total. The Balaban J connectivity index is 1.52. The molecule has 1 amide bonds. The van der Waals surface area contributed by atoms with Crippen LogP contribution in [-0.4, -0.2) is 26.5 Å². The molecule has 0 radical (unpaired) electrons. The summed E-state index contributed by atoms with van der Waals surface area (Å²) in [6.07, 6.45) is 8.47. The molecule has 0 unspecified atom stereocenters. The van der Waals surface area contributed by atoms with Gasteiger partial charge >= 0.3 is 11.1 Å². The number of hydrogen-bond donors (Lipinski definition) is 2. The first-order chi connectivity index (χ1) is 14.1. The monoisotopic (exact) mass is 392 g/mol. The van der Waals surface area contributed by atoms with Crippen LogP contribution in [0.1, 0.15) is 54.4 Å². The minimum absolute atomic E-state index is 0.0658. The number of benzene rings is 1. The molecule has 0 atom stereocenters. The summed E-state index contributed by atoms with van der Waals surface area (Å²) in [5.74, 6) is -0.0658. The smallest absolute Gasteiger partial charge is 0.318 e. The van der Waals surface area contributed by atoms with Gasteiger partial charge < -0.3 is 10.3 Å². The van der Waals surface area contributed by atoms with Gasteiger partial charge in [-0.1, -0.05) is 37.8 Å². The summed E-state index contributed by atoms with van der Waals surface area (Å²) in [6, 6.07) is 10.8. The standard InChI is InChI=1S/C22H24N4O3/c27-20(24-17-6-3-1-2-4-7-17)16-11-9-15(10-12-16)14-26-19-18(8-5-13-23-19)25-21(28)22(26)29/h5,8-13,17H,1-4,6-7,14H2,(H,24,27)(H,25,28). The SMILES string of the molecule is O=C(NC1CCCCCC1)c1ccc(Cn2c(=O)c(=O)[nH]c3cccnc32)cc1. The fraction of sp³-hybridized carbons (Fsp3) is 0.364. The molecule has 2 heterocycles. The van der Waals surface area contributed by atoms with E-state index >= 15 is 0 Å². The van der Waals surface area contributed by atoms with Crippen molar-refractivity contribution in [1.29, 1.82) is 0 Å². The van der Waals surface area contributed by atoms with E-state index in [-0.39, 0.29) is 18.5 Å². The van der Waals surface area contributed by atoms with Gasteiger partial charge in [0.2, 0.25) is 0 Å². The number of pyridine rings is 1. The summed E-state index contributed by atoms with van der Waals surface area (Å²) in [5, 5.41) is 3.14. The summed E-state index contributed by atoms with van der Waals surface area (Å²) < 4.78 is 1.36. The minimum atomic E-state index is -0.676. The summed E-state index contributed by atoms with van der Waals surface area (Å²) in [6.45, 7) is 0.209. The van der Waals surface area contributed by atoms with E-state index in [2.05, 4.69) is 15.3 Å². The summed E-state index contributed by atoms with van der Waals surface area (Å²) in [4.78, 5) is 43.6. The molecule has 1 saturated carbocycles. The summed E-state index contributed by atoms with van der Waals surface area (Å²) in [7, 11) is 0. The zero-order valence-corrected chi connectivity index (χ0v) is 16.2. The number of nitrogens with zero attached hydrogens (tertiary/aromatic N) is 2. The van der Waals surface area contributed by atoms with E-state index in [9.17, 15) is 14.4 Å². The van der Waals surface area contributed by atoms with Crippen molar-refractivity contribution in [3.05, 3.63) is 74.4 Å². The molecule has 1 aromatic carbocycles. The summed E-state index contributed by atoms with van der Waals surface area (Å²) in [5.41, 5.74) is 1.02. The Hall–Kier alpha value is -3.22. The van der Waals surface area contributed by atoms with Gasteiger partial charge in [0, 0.05) is 17.8 Å². The molecule has 2 N–H and O–H groups in total. The predicted molar refractivity (Wildman–Crippen MR) is 111 cm³/mol. The van der Waals surface area contributed by atoms with Gasteiger partial charge in [0.05, 0.1) is 12.1 Å². The van der Waals surface area contributed by atoms with Crippen molar-refractivity contribution >= 4 is 17.1 Å². The highest BCUT2D eigenvalue weighted by Gasteiger charge is 2.16. The molecule has 1 fully saturated rings. The number of H-pyrrole nitrogens is 1. The number of hydrogen-bond acceptors (Lipinski definition) is 4. The van der Waals surface area contributed by atoms with E-state index < -0.39 is 11.1 Å². The molecule has 0 bridgehead atoms. The van der Waals surface area contributed by atoms with Crippen molar-refractivity contribution in [2.24, 2.45) is 0 Å². The first kappa shape index (κ1) is 19.1. The van der Waals surface area contributed by atoms with Crippen LogP contribution in [0.5, 0.6) is 0 Å². The van der Waals surface area contributed by atoms with Gasteiger partial charge in [0.15, 0.2) is 5.65 Å². The molecule has 2 aromatic heterocycles. The van der Waals surface area contributed by atoms with Crippen LogP contribution in [0.4, 0.5) is 0 Å². The fourth-order valence-corrected chi connectivity index (χ4v) is 3.89. The van der Waals surface area contributed by atoms with Crippen LogP contribution in [0.3, 0.4) is 0 Å². The van der Waals surface area contributed by atoms with Crippen molar-refractivity contribution in [2.75, 3.05) is 0 Å². The zero-order valence-electron chi connectivity index (χ0n) is 16.2. The van der Waals surface area contributed by atoms with Gasteiger partial charge in [-0.05, 0) is 42.7 Å². The molecular weight excluding hydrogens is 368 g/mol. The van der Waals surface area contributed by atoms with Crippen molar-refractivity contribution in [3.63, 3.8) is 0 Å². The number of fused-ring (bicyclic) bond motifs is 1. The lowest BCUT2D eigenvalue weighted by molar-refractivity contribution is 0.0933. The van der Waals surface area contributed by atoms with E-state index in [0.29, 0.717) is 16.7 Å². The Labute approximate surface area is 167 Å². The molecular formula is C22H24N4O3. The maximum atomic E-state index is 12.5. The largest absolute Gasteiger partial charge is 0.349 e. The lowest BCUT2D eigenvalue weighted by Crippen LogP contribution is -2.37. The highest BCUT2D eigenvalue weighted by Crippen LogP contribution is 2.18. The number of amides is 1. The molecule has 4 rings (SSSR count). The Bertz CT molecular complexity index is 1120. The van der Waals surface area contributed by atoms with E-state index in [0.717, 1.165) is 31.2 Å². The second kappa shape index (κ2) is 8.43. The Kier molecular flexibility index (Phi) is 5.55. The van der Waals surface area contributed by atoms with Gasteiger partial charge in [0.1, 0.15) is 0 Å². The number of carbonyl (C=O) groups excluding carboxylic acids is 1. The third-order valence-electron chi connectivity index (χ3n) is 5.48. The van der Waals surface area contributed by atoms with Crippen molar-refractivity contribution in [2.45, 2.75) is 51.1 Å². The number of aromatic nitrogens is 3. The number of nitrogens with one attached hydrogen (secondary N) is 2. The first-order valence-electron chi connectivity index (χ1n) is 10.1. The third-order valence-corrected chi connectivity index (χ3v) is 5.48. The molecule has 0 spiro atoms. The quantitative estimate of drug-likeness (QED) is 0.527. The van der Waals surface area contributed by atoms with E-state index in [1.165, 1.54) is 17.4 Å². The first-order valence-corrected chi connectivity index (χ1v) is 10.1. The average Bonchev–Trinajstić information content (AvgIpc) is 3.00. The normalized spacial score (nSPS) is 15.2. The highest BCUT2D eigenvalue weighted by molar-refractivity contribution is 5.94. The second-order valence-corrected chi connectivity index (χ2v) is 7.58. The molecule has 0 saturated heterocycles. The molecule has 1 aliphatic carbocycles. The third kappa shape index (κ3) is 4.29. The van der Waals surface area contributed by atoms with Gasteiger partial charge in [-0.2, -0.15) is 0 Å². The van der Waals surface area contributed by atoms with Gasteiger partial charge in [-0.15, -0.1) is 0 Å². The lowest BCUT2D eigenvalue weighted by Gasteiger charge is -2.16. The van der Waals surface area contributed by atoms with Gasteiger partial charge in [-0.25, -0.2) is 4.98 Å². The Morgan fingerprint density at radius 2 is 1.79 bits per heavy atom. The molecule has 7 heteroatoms. The van der Waals surface area contributed by atoms with Crippen LogP contribution < -0.4 is 16.4 Å². The van der Waals surface area contributed by atoms with Crippen molar-refractivity contribution in [3.8, 4) is 0 Å². The van der Waals surface area contributed by atoms with Crippen LogP contribution in [0.2, 0.25) is 0 Å². The van der Waals surface area contributed by atoms with Crippen LogP contribution >= 0.6 is 0 Å². The molecule has 0 aliphatic heterocycles. The van der Waals surface area contributed by atoms with Gasteiger partial charge in [0.25, 0.3) is 5.91 Å². The van der Waals surface area contributed by atoms with E-state index in [1.807, 2.05) is 12.1 Å². The lowest BCUT2D eigenvalue weighted by atomic mass is 10.1. The average molecular weight is 392 g/mol. The van der Waals surface area contributed by atoms with Crippen LogP contribution in [0, 0.1) is 0 Å². The Morgan fingerprint density at radius 3 is 2.52 bits per heavy atom. The van der Waals surface area contributed by atoms with Crippen LogP contribution in [-0.2, 0) is 6.54 Å². The fourth-order valence-electron chi connectivity index (χ4n) is 3.89. The molecule has 3 aromatic rings. The topological polar surface area (TPSA) is 96.9 Å². The number of rotatable bonds is 4. The highest BCUT2D eigenvalue weighted by atomic mass is 16.2. The maximum Gasteiger partial charge on any atom is 0.318 e. The number of aromatic amines is 1. The van der Waals surface area contributed by atoms with Crippen LogP contribution in [0.25, 0.3) is 11.2 Å². The number of carbonyl (C=O) groups is 1. The molecule has 29 heavy (non-hydrogen) atoms. The van der Waals surface area contributed by atoms with E-state index in [1.54, 1.807) is 30.5 Å². The summed E-state index contributed by atoms with van der Waals surface area (Å²) >= 11 is 0. The van der Waals surface area contributed by atoms with Crippen molar-refractivity contribution in [1.82, 2.24) is 19.9 Å².